The molecule has 86 valence electrons. The number of hydrogen-bond donors (Lipinski definition) is 1. The molecule has 0 fully saturated rings. The second-order valence-corrected chi connectivity index (χ2v) is 5.00. The molecule has 0 amide bonds. The van der Waals surface area contributed by atoms with Crippen LogP contribution in [0.15, 0.2) is 23.3 Å². The summed E-state index contributed by atoms with van der Waals surface area (Å²) in [6.07, 6.45) is -0.450. The Balaban J connectivity index is 3.26. The van der Waals surface area contributed by atoms with Gasteiger partial charge in [0.1, 0.15) is 6.10 Å². The summed E-state index contributed by atoms with van der Waals surface area (Å²) >= 11 is 0. The van der Waals surface area contributed by atoms with Crippen molar-refractivity contribution >= 4 is 5.78 Å². The summed E-state index contributed by atoms with van der Waals surface area (Å²) < 4.78 is 0. The molecule has 0 saturated heterocycles. The first-order valence-corrected chi connectivity index (χ1v) is 5.37. The van der Waals surface area contributed by atoms with Crippen LogP contribution in [0.25, 0.3) is 0 Å². The van der Waals surface area contributed by atoms with Gasteiger partial charge in [0.2, 0.25) is 0 Å². The van der Waals surface area contributed by atoms with Crippen LogP contribution in [0.3, 0.4) is 0 Å². The highest BCUT2D eigenvalue weighted by molar-refractivity contribution is 6.00. The van der Waals surface area contributed by atoms with E-state index in [0.717, 1.165) is 11.1 Å². The zero-order valence-electron chi connectivity index (χ0n) is 10.3. The SMILES string of the molecule is C=C(C)C#CC1=C(C)C(=O)C(O)CC1(C)C. The third kappa shape index (κ3) is 2.43. The third-order valence-corrected chi connectivity index (χ3v) is 2.83. The molecule has 1 rings (SSSR count). The number of aliphatic hydroxyl groups is 1. The molecule has 0 radical (unpaired) electrons. The molecule has 1 atom stereocenters. The van der Waals surface area contributed by atoms with Crippen molar-refractivity contribution in [3.8, 4) is 11.8 Å². The molecule has 0 aromatic carbocycles. The van der Waals surface area contributed by atoms with Crippen molar-refractivity contribution in [2.75, 3.05) is 0 Å². The average Bonchev–Trinajstić information content (AvgIpc) is 2.12. The summed E-state index contributed by atoms with van der Waals surface area (Å²) in [7, 11) is 0. The van der Waals surface area contributed by atoms with Gasteiger partial charge in [0.15, 0.2) is 5.78 Å². The van der Waals surface area contributed by atoms with Gasteiger partial charge in [-0.05, 0) is 25.8 Å². The van der Waals surface area contributed by atoms with Crippen LogP contribution in [0.1, 0.15) is 34.1 Å². The molecule has 0 saturated carbocycles. The number of carbonyl (C=O) groups excluding carboxylic acids is 1. The monoisotopic (exact) mass is 218 g/mol. The maximum Gasteiger partial charge on any atom is 0.187 e. The lowest BCUT2D eigenvalue weighted by atomic mass is 9.71. The molecule has 0 aromatic heterocycles. The molecular formula is C14H18O2. The zero-order chi connectivity index (χ0) is 12.5. The van der Waals surface area contributed by atoms with Crippen LogP contribution in [0.2, 0.25) is 0 Å². The van der Waals surface area contributed by atoms with E-state index in [1.165, 1.54) is 0 Å². The smallest absolute Gasteiger partial charge is 0.187 e. The Morgan fingerprint density at radius 1 is 1.56 bits per heavy atom. The summed E-state index contributed by atoms with van der Waals surface area (Å²) in [6, 6.07) is 0. The number of hydrogen-bond acceptors (Lipinski definition) is 2. The second kappa shape index (κ2) is 4.27. The topological polar surface area (TPSA) is 37.3 Å². The van der Waals surface area contributed by atoms with Gasteiger partial charge < -0.3 is 5.11 Å². The molecule has 1 aliphatic rings. The minimum Gasteiger partial charge on any atom is -0.385 e. The molecule has 0 heterocycles. The van der Waals surface area contributed by atoms with Gasteiger partial charge in [-0.15, -0.1) is 0 Å². The fourth-order valence-corrected chi connectivity index (χ4v) is 1.99. The van der Waals surface area contributed by atoms with Crippen LogP contribution >= 0.6 is 0 Å². The molecule has 0 bridgehead atoms. The Labute approximate surface area is 97.1 Å². The van der Waals surface area contributed by atoms with E-state index in [-0.39, 0.29) is 11.2 Å². The number of allylic oxidation sites excluding steroid dienone is 2. The molecule has 1 N–H and O–H groups in total. The van der Waals surface area contributed by atoms with Crippen molar-refractivity contribution in [3.63, 3.8) is 0 Å². The molecule has 0 aromatic rings. The number of carbonyl (C=O) groups is 1. The van der Waals surface area contributed by atoms with E-state index in [1.807, 2.05) is 20.8 Å². The maximum atomic E-state index is 11.7. The summed E-state index contributed by atoms with van der Waals surface area (Å²) in [5.74, 6) is 5.71. The number of aliphatic hydroxyl groups excluding tert-OH is 1. The fourth-order valence-electron chi connectivity index (χ4n) is 1.99. The van der Waals surface area contributed by atoms with Gasteiger partial charge in [-0.25, -0.2) is 0 Å². The Morgan fingerprint density at radius 3 is 2.62 bits per heavy atom. The molecule has 2 heteroatoms. The van der Waals surface area contributed by atoms with E-state index in [0.29, 0.717) is 12.0 Å². The third-order valence-electron chi connectivity index (χ3n) is 2.83. The lowest BCUT2D eigenvalue weighted by Crippen LogP contribution is -2.35. The highest BCUT2D eigenvalue weighted by atomic mass is 16.3. The summed E-state index contributed by atoms with van der Waals surface area (Å²) in [5, 5.41) is 9.63. The van der Waals surface area contributed by atoms with E-state index in [2.05, 4.69) is 18.4 Å². The van der Waals surface area contributed by atoms with Crippen molar-refractivity contribution in [1.29, 1.82) is 0 Å². The molecule has 0 aliphatic heterocycles. The predicted octanol–water partition coefficient (Wildman–Crippen LogP) is 2.24. The van der Waals surface area contributed by atoms with E-state index in [4.69, 9.17) is 0 Å². The van der Waals surface area contributed by atoms with Crippen LogP contribution in [0.5, 0.6) is 0 Å². The Kier molecular flexibility index (Phi) is 3.40. The molecule has 16 heavy (non-hydrogen) atoms. The quantitative estimate of drug-likeness (QED) is 0.633. The van der Waals surface area contributed by atoms with Crippen molar-refractivity contribution in [3.05, 3.63) is 23.3 Å². The van der Waals surface area contributed by atoms with Gasteiger partial charge in [0, 0.05) is 16.6 Å². The number of ketones is 1. The van der Waals surface area contributed by atoms with Gasteiger partial charge in [-0.3, -0.25) is 4.79 Å². The summed E-state index contributed by atoms with van der Waals surface area (Å²) in [6.45, 7) is 11.3. The molecular weight excluding hydrogens is 200 g/mol. The molecule has 2 nitrogen and oxygen atoms in total. The number of Topliss-reactive ketones (excluding diaryl/α,β-unsaturated/α-hetero) is 1. The molecule has 1 unspecified atom stereocenters. The normalized spacial score (nSPS) is 23.8. The number of rotatable bonds is 0. The van der Waals surface area contributed by atoms with Gasteiger partial charge in [-0.1, -0.05) is 32.3 Å². The van der Waals surface area contributed by atoms with Crippen molar-refractivity contribution in [2.45, 2.75) is 40.2 Å². The average molecular weight is 218 g/mol. The lowest BCUT2D eigenvalue weighted by Gasteiger charge is -2.33. The minimum atomic E-state index is -0.884. The largest absolute Gasteiger partial charge is 0.385 e. The van der Waals surface area contributed by atoms with Crippen LogP contribution < -0.4 is 0 Å². The van der Waals surface area contributed by atoms with Crippen LogP contribution in [0.4, 0.5) is 0 Å². The Morgan fingerprint density at radius 2 is 2.12 bits per heavy atom. The molecule has 0 spiro atoms. The summed E-state index contributed by atoms with van der Waals surface area (Å²) in [5.41, 5.74) is 1.93. The lowest BCUT2D eigenvalue weighted by molar-refractivity contribution is -0.125. The highest BCUT2D eigenvalue weighted by Gasteiger charge is 2.37. The van der Waals surface area contributed by atoms with Gasteiger partial charge >= 0.3 is 0 Å². The van der Waals surface area contributed by atoms with Crippen molar-refractivity contribution in [1.82, 2.24) is 0 Å². The van der Waals surface area contributed by atoms with E-state index in [1.54, 1.807) is 6.92 Å². The van der Waals surface area contributed by atoms with Crippen LogP contribution in [0, 0.1) is 17.3 Å². The standard InChI is InChI=1S/C14H18O2/c1-9(2)6-7-11-10(3)13(16)12(15)8-14(11,4)5/h12,15H,1,8H2,2-5H3. The second-order valence-electron chi connectivity index (χ2n) is 5.00. The van der Waals surface area contributed by atoms with Crippen molar-refractivity contribution < 1.29 is 9.90 Å². The maximum absolute atomic E-state index is 11.7. The fraction of sp³-hybridized carbons (Fsp3) is 0.500. The molecule has 1 aliphatic carbocycles. The van der Waals surface area contributed by atoms with E-state index < -0.39 is 6.10 Å². The Hall–Kier alpha value is -1.33. The first kappa shape index (κ1) is 12.7. The first-order chi connectivity index (χ1) is 7.25. The van der Waals surface area contributed by atoms with Crippen LogP contribution in [-0.2, 0) is 4.79 Å². The highest BCUT2D eigenvalue weighted by Crippen LogP contribution is 2.38. The van der Waals surface area contributed by atoms with E-state index >= 15 is 0 Å². The van der Waals surface area contributed by atoms with Gasteiger partial charge in [-0.2, -0.15) is 0 Å². The van der Waals surface area contributed by atoms with Gasteiger partial charge in [0.05, 0.1) is 0 Å². The minimum absolute atomic E-state index is 0.203. The van der Waals surface area contributed by atoms with E-state index in [9.17, 15) is 9.90 Å². The van der Waals surface area contributed by atoms with Gasteiger partial charge in [0.25, 0.3) is 0 Å². The van der Waals surface area contributed by atoms with Crippen LogP contribution in [-0.4, -0.2) is 17.0 Å². The summed E-state index contributed by atoms with van der Waals surface area (Å²) in [4.78, 5) is 11.7. The predicted molar refractivity (Wildman–Crippen MR) is 64.7 cm³/mol. The zero-order valence-corrected chi connectivity index (χ0v) is 10.3. The first-order valence-electron chi connectivity index (χ1n) is 5.37. The Bertz CT molecular complexity index is 427. The van der Waals surface area contributed by atoms with Crippen molar-refractivity contribution in [2.24, 2.45) is 5.41 Å².